The zero-order valence-electron chi connectivity index (χ0n) is 20.0. The number of benzene rings is 3. The maximum absolute atomic E-state index is 13.5. The van der Waals surface area contributed by atoms with E-state index in [-0.39, 0.29) is 24.4 Å². The summed E-state index contributed by atoms with van der Waals surface area (Å²) in [5.41, 5.74) is 4.04. The van der Waals surface area contributed by atoms with E-state index in [1.165, 1.54) is 0 Å². The molecule has 1 aromatic heterocycles. The number of rotatable bonds is 7. The zero-order chi connectivity index (χ0) is 24.2. The number of aromatic nitrogens is 2. The van der Waals surface area contributed by atoms with Gasteiger partial charge in [0, 0.05) is 17.3 Å². The maximum atomic E-state index is 13.5. The van der Waals surface area contributed by atoms with Crippen LogP contribution >= 0.6 is 0 Å². The lowest BCUT2D eigenvalue weighted by Gasteiger charge is -2.28. The number of nitrogens with zero attached hydrogens (tertiary/aromatic N) is 3. The number of carbonyl (C=O) groups is 2. The van der Waals surface area contributed by atoms with Crippen LogP contribution in [0.3, 0.4) is 0 Å². The van der Waals surface area contributed by atoms with E-state index in [0.29, 0.717) is 11.4 Å². The molecule has 3 aromatic carbocycles. The van der Waals surface area contributed by atoms with Crippen molar-refractivity contribution in [2.75, 3.05) is 4.90 Å². The third kappa shape index (κ3) is 4.71. The summed E-state index contributed by atoms with van der Waals surface area (Å²) in [7, 11) is 0. The van der Waals surface area contributed by atoms with Crippen LogP contribution in [-0.4, -0.2) is 27.4 Å². The minimum atomic E-state index is -0.392. The number of fused-ring (bicyclic) bond motifs is 1. The maximum Gasteiger partial charge on any atom is 0.252 e. The third-order valence-corrected chi connectivity index (χ3v) is 5.92. The van der Waals surface area contributed by atoms with Crippen molar-refractivity contribution in [1.82, 2.24) is 14.9 Å². The Morgan fingerprint density at radius 3 is 2.26 bits per heavy atom. The summed E-state index contributed by atoms with van der Waals surface area (Å²) in [4.78, 5) is 33.1. The Kier molecular flexibility index (Phi) is 6.77. The number of carbonyl (C=O) groups excluding carboxylic acids is 2. The van der Waals surface area contributed by atoms with Crippen LogP contribution in [0.25, 0.3) is 11.0 Å². The Labute approximate surface area is 200 Å². The summed E-state index contributed by atoms with van der Waals surface area (Å²) in [6.07, 6.45) is 0. The molecule has 0 radical (unpaired) electrons. The number of imidazole rings is 1. The normalized spacial score (nSPS) is 12.0. The molecule has 1 heterocycles. The molecule has 0 spiro atoms. The van der Waals surface area contributed by atoms with Crippen LogP contribution in [0.15, 0.2) is 78.9 Å². The molecule has 0 aliphatic rings. The summed E-state index contributed by atoms with van der Waals surface area (Å²) in [5, 5.41) is 3.06. The number of hydrogen-bond acceptors (Lipinski definition) is 3. The summed E-state index contributed by atoms with van der Waals surface area (Å²) in [6, 6.07) is 24.5. The van der Waals surface area contributed by atoms with Gasteiger partial charge in [0.15, 0.2) is 0 Å². The van der Waals surface area contributed by atoms with Gasteiger partial charge in [-0.05, 0) is 63.6 Å². The van der Waals surface area contributed by atoms with Crippen molar-refractivity contribution in [2.45, 2.75) is 46.3 Å². The molecule has 0 fully saturated rings. The van der Waals surface area contributed by atoms with Gasteiger partial charge in [-0.3, -0.25) is 9.59 Å². The van der Waals surface area contributed by atoms with E-state index >= 15 is 0 Å². The van der Waals surface area contributed by atoms with Crippen molar-refractivity contribution in [2.24, 2.45) is 0 Å². The SMILES string of the molecule is Cc1ccccc1C(=O)NC(C)c1nc2ccccc2n1CC(=O)N(c1ccccc1)C(C)C. The van der Waals surface area contributed by atoms with Gasteiger partial charge in [0.1, 0.15) is 12.4 Å². The van der Waals surface area contributed by atoms with E-state index in [1.807, 2.05) is 111 Å². The largest absolute Gasteiger partial charge is 0.342 e. The first-order chi connectivity index (χ1) is 16.4. The van der Waals surface area contributed by atoms with Crippen LogP contribution in [0.2, 0.25) is 0 Å². The highest BCUT2D eigenvalue weighted by molar-refractivity contribution is 5.96. The van der Waals surface area contributed by atoms with Gasteiger partial charge in [0.2, 0.25) is 5.91 Å². The molecule has 0 bridgehead atoms. The first-order valence-corrected chi connectivity index (χ1v) is 11.6. The number of anilines is 1. The van der Waals surface area contributed by atoms with Crippen LogP contribution < -0.4 is 10.2 Å². The molecule has 2 amide bonds. The van der Waals surface area contributed by atoms with Crippen molar-refractivity contribution in [3.05, 3.63) is 95.8 Å². The fourth-order valence-electron chi connectivity index (χ4n) is 4.29. The molecular weight excluding hydrogens is 424 g/mol. The third-order valence-electron chi connectivity index (χ3n) is 5.92. The molecule has 1 N–H and O–H groups in total. The van der Waals surface area contributed by atoms with E-state index in [1.54, 1.807) is 4.90 Å². The van der Waals surface area contributed by atoms with Gasteiger partial charge in [0.05, 0.1) is 17.1 Å². The molecule has 1 unspecified atom stereocenters. The Hall–Kier alpha value is -3.93. The molecule has 174 valence electrons. The monoisotopic (exact) mass is 454 g/mol. The Morgan fingerprint density at radius 2 is 1.56 bits per heavy atom. The molecule has 0 aliphatic heterocycles. The smallest absolute Gasteiger partial charge is 0.252 e. The highest BCUT2D eigenvalue weighted by atomic mass is 16.2. The summed E-state index contributed by atoms with van der Waals surface area (Å²) < 4.78 is 1.92. The van der Waals surface area contributed by atoms with Crippen molar-refractivity contribution < 1.29 is 9.59 Å². The molecule has 6 nitrogen and oxygen atoms in total. The fraction of sp³-hybridized carbons (Fsp3) is 0.250. The van der Waals surface area contributed by atoms with Crippen LogP contribution in [0.1, 0.15) is 48.6 Å². The minimum absolute atomic E-state index is 0.00804. The first-order valence-electron chi connectivity index (χ1n) is 11.6. The van der Waals surface area contributed by atoms with Gasteiger partial charge < -0.3 is 14.8 Å². The number of aryl methyl sites for hydroxylation is 1. The zero-order valence-corrected chi connectivity index (χ0v) is 20.0. The van der Waals surface area contributed by atoms with Crippen molar-refractivity contribution >= 4 is 28.5 Å². The van der Waals surface area contributed by atoms with Crippen molar-refractivity contribution in [3.63, 3.8) is 0 Å². The molecule has 0 saturated heterocycles. The average molecular weight is 455 g/mol. The van der Waals surface area contributed by atoms with E-state index in [9.17, 15) is 9.59 Å². The average Bonchev–Trinajstić information content (AvgIpc) is 3.18. The van der Waals surface area contributed by atoms with Crippen molar-refractivity contribution in [3.8, 4) is 0 Å². The second-order valence-electron chi connectivity index (χ2n) is 8.75. The lowest BCUT2D eigenvalue weighted by Crippen LogP contribution is -2.40. The number of nitrogens with one attached hydrogen (secondary N) is 1. The second-order valence-corrected chi connectivity index (χ2v) is 8.75. The molecule has 0 saturated carbocycles. The quantitative estimate of drug-likeness (QED) is 0.413. The molecule has 4 rings (SSSR count). The van der Waals surface area contributed by atoms with Crippen LogP contribution in [-0.2, 0) is 11.3 Å². The Balaban J connectivity index is 1.67. The topological polar surface area (TPSA) is 67.2 Å². The molecule has 4 aromatic rings. The number of amides is 2. The fourth-order valence-corrected chi connectivity index (χ4v) is 4.29. The second kappa shape index (κ2) is 9.91. The van der Waals surface area contributed by atoms with E-state index < -0.39 is 6.04 Å². The number of para-hydroxylation sites is 3. The molecule has 6 heteroatoms. The van der Waals surface area contributed by atoms with Gasteiger partial charge >= 0.3 is 0 Å². The van der Waals surface area contributed by atoms with Gasteiger partial charge in [-0.1, -0.05) is 48.5 Å². The lowest BCUT2D eigenvalue weighted by molar-refractivity contribution is -0.119. The van der Waals surface area contributed by atoms with E-state index in [4.69, 9.17) is 4.98 Å². The van der Waals surface area contributed by atoms with Gasteiger partial charge in [0.25, 0.3) is 5.91 Å². The molecule has 34 heavy (non-hydrogen) atoms. The van der Waals surface area contributed by atoms with E-state index in [0.717, 1.165) is 22.3 Å². The van der Waals surface area contributed by atoms with Crippen LogP contribution in [0.4, 0.5) is 5.69 Å². The minimum Gasteiger partial charge on any atom is -0.342 e. The Morgan fingerprint density at radius 1 is 0.912 bits per heavy atom. The van der Waals surface area contributed by atoms with Crippen molar-refractivity contribution in [1.29, 1.82) is 0 Å². The molecule has 1 atom stereocenters. The van der Waals surface area contributed by atoms with Crippen LogP contribution in [0, 0.1) is 6.92 Å². The predicted molar refractivity (Wildman–Crippen MR) is 136 cm³/mol. The summed E-state index contributed by atoms with van der Waals surface area (Å²) in [6.45, 7) is 7.94. The summed E-state index contributed by atoms with van der Waals surface area (Å²) >= 11 is 0. The standard InChI is InChI=1S/C28H30N4O2/c1-19(2)32(22-13-6-5-7-14-22)26(33)18-31-25-17-11-10-16-24(25)30-27(31)21(4)29-28(34)23-15-9-8-12-20(23)3/h5-17,19,21H,18H2,1-4H3,(H,29,34). The lowest BCUT2D eigenvalue weighted by atomic mass is 10.1. The van der Waals surface area contributed by atoms with E-state index in [2.05, 4.69) is 5.32 Å². The highest BCUT2D eigenvalue weighted by Gasteiger charge is 2.24. The molecule has 0 aliphatic carbocycles. The predicted octanol–water partition coefficient (Wildman–Crippen LogP) is 5.28. The first kappa shape index (κ1) is 23.2. The van der Waals surface area contributed by atoms with Gasteiger partial charge in [-0.15, -0.1) is 0 Å². The Bertz CT molecular complexity index is 1310. The van der Waals surface area contributed by atoms with Crippen LogP contribution in [0.5, 0.6) is 0 Å². The van der Waals surface area contributed by atoms with Gasteiger partial charge in [-0.2, -0.15) is 0 Å². The molecular formula is C28H30N4O2. The van der Waals surface area contributed by atoms with Gasteiger partial charge in [-0.25, -0.2) is 4.98 Å². The summed E-state index contributed by atoms with van der Waals surface area (Å²) in [5.74, 6) is 0.444. The number of hydrogen-bond donors (Lipinski definition) is 1. The highest BCUT2D eigenvalue weighted by Crippen LogP contribution is 2.24.